The molecule has 8 heteroatoms. The van der Waals surface area contributed by atoms with Crippen LogP contribution in [0.5, 0.6) is 0 Å². The van der Waals surface area contributed by atoms with Crippen LogP contribution in [0.15, 0.2) is 37.8 Å². The molecule has 0 unspecified atom stereocenters. The predicted octanol–water partition coefficient (Wildman–Crippen LogP) is 2.51. The van der Waals surface area contributed by atoms with E-state index in [-0.39, 0.29) is 5.09 Å². The van der Waals surface area contributed by atoms with Gasteiger partial charge in [-0.2, -0.15) is 0 Å². The molecule has 0 atom stereocenters. The van der Waals surface area contributed by atoms with Gasteiger partial charge in [-0.1, -0.05) is 10.7 Å². The SMILES string of the molecule is Cc1cc(C=C2CCN(Cc3ccc(S(=O)(=O)N(C)C)o3)CC2)no1. The molecule has 25 heavy (non-hydrogen) atoms. The van der Waals surface area contributed by atoms with E-state index in [1.165, 1.54) is 25.7 Å². The smallest absolute Gasteiger partial charge is 0.275 e. The summed E-state index contributed by atoms with van der Waals surface area (Å²) in [6, 6.07) is 5.18. The van der Waals surface area contributed by atoms with Crippen LogP contribution in [-0.2, 0) is 16.6 Å². The number of furan rings is 1. The van der Waals surface area contributed by atoms with Crippen molar-refractivity contribution < 1.29 is 17.4 Å². The number of sulfonamides is 1. The van der Waals surface area contributed by atoms with E-state index in [1.807, 2.05) is 13.0 Å². The van der Waals surface area contributed by atoms with Crippen LogP contribution in [0.4, 0.5) is 0 Å². The molecule has 3 rings (SSSR count). The number of likely N-dealkylation sites (tertiary alicyclic amines) is 1. The summed E-state index contributed by atoms with van der Waals surface area (Å²) in [5.41, 5.74) is 2.21. The highest BCUT2D eigenvalue weighted by molar-refractivity contribution is 7.88. The standard InChI is InChI=1S/C17H23N3O4S/c1-13-10-15(18-24-13)11-14-6-8-20(9-7-14)12-16-4-5-17(23-16)25(21,22)19(2)3/h4-5,10-11H,6-9,12H2,1-3H3. The third-order valence-corrected chi connectivity index (χ3v) is 5.94. The monoisotopic (exact) mass is 365 g/mol. The second kappa shape index (κ2) is 7.15. The summed E-state index contributed by atoms with van der Waals surface area (Å²) < 4.78 is 35.9. The highest BCUT2D eigenvalue weighted by Crippen LogP contribution is 2.23. The number of rotatable bonds is 5. The fraction of sp³-hybridized carbons (Fsp3) is 0.471. The van der Waals surface area contributed by atoms with Gasteiger partial charge in [0.2, 0.25) is 5.09 Å². The number of hydrogen-bond acceptors (Lipinski definition) is 6. The molecule has 0 N–H and O–H groups in total. The summed E-state index contributed by atoms with van der Waals surface area (Å²) >= 11 is 0. The molecule has 1 saturated heterocycles. The lowest BCUT2D eigenvalue weighted by Crippen LogP contribution is -2.30. The van der Waals surface area contributed by atoms with Crippen molar-refractivity contribution in [1.82, 2.24) is 14.4 Å². The topological polar surface area (TPSA) is 79.8 Å². The van der Waals surface area contributed by atoms with Gasteiger partial charge in [0.1, 0.15) is 17.2 Å². The summed E-state index contributed by atoms with van der Waals surface area (Å²) in [4.78, 5) is 2.26. The average Bonchev–Trinajstić information content (AvgIpc) is 3.19. The molecule has 0 radical (unpaired) electrons. The molecule has 0 aliphatic carbocycles. The maximum atomic E-state index is 12.1. The maximum Gasteiger partial charge on any atom is 0.275 e. The molecule has 0 saturated carbocycles. The minimum absolute atomic E-state index is 0.00787. The highest BCUT2D eigenvalue weighted by Gasteiger charge is 2.22. The second-order valence-electron chi connectivity index (χ2n) is 6.45. The first-order valence-electron chi connectivity index (χ1n) is 8.21. The Morgan fingerprint density at radius 1 is 1.28 bits per heavy atom. The lowest BCUT2D eigenvalue weighted by molar-refractivity contribution is 0.222. The normalized spacial score (nSPS) is 16.6. The van der Waals surface area contributed by atoms with E-state index >= 15 is 0 Å². The van der Waals surface area contributed by atoms with Gasteiger partial charge in [-0.05, 0) is 38.0 Å². The van der Waals surface area contributed by atoms with Crippen molar-refractivity contribution in [2.24, 2.45) is 0 Å². The number of hydrogen-bond donors (Lipinski definition) is 0. The average molecular weight is 365 g/mol. The van der Waals surface area contributed by atoms with Gasteiger partial charge in [0, 0.05) is 33.3 Å². The highest BCUT2D eigenvalue weighted by atomic mass is 32.2. The zero-order chi connectivity index (χ0) is 18.0. The predicted molar refractivity (Wildman–Crippen MR) is 93.3 cm³/mol. The van der Waals surface area contributed by atoms with Crippen LogP contribution in [0.2, 0.25) is 0 Å². The van der Waals surface area contributed by atoms with Crippen LogP contribution in [0.25, 0.3) is 6.08 Å². The lowest BCUT2D eigenvalue weighted by atomic mass is 10.0. The molecule has 7 nitrogen and oxygen atoms in total. The van der Waals surface area contributed by atoms with Crippen molar-refractivity contribution in [3.05, 3.63) is 41.0 Å². The van der Waals surface area contributed by atoms with Crippen molar-refractivity contribution in [3.63, 3.8) is 0 Å². The molecule has 0 spiro atoms. The Kier molecular flexibility index (Phi) is 5.12. The van der Waals surface area contributed by atoms with Gasteiger partial charge in [0.25, 0.3) is 10.0 Å². The minimum atomic E-state index is -3.52. The van der Waals surface area contributed by atoms with Gasteiger partial charge in [-0.25, -0.2) is 12.7 Å². The molecule has 3 heterocycles. The lowest BCUT2D eigenvalue weighted by Gasteiger charge is -2.27. The summed E-state index contributed by atoms with van der Waals surface area (Å²) in [6.07, 6.45) is 3.99. The number of piperidine rings is 1. The van der Waals surface area contributed by atoms with Crippen LogP contribution >= 0.6 is 0 Å². The van der Waals surface area contributed by atoms with E-state index in [0.29, 0.717) is 12.3 Å². The van der Waals surface area contributed by atoms with Crippen LogP contribution in [0.3, 0.4) is 0 Å². The maximum absolute atomic E-state index is 12.1. The fourth-order valence-electron chi connectivity index (χ4n) is 2.79. The molecule has 1 fully saturated rings. The van der Waals surface area contributed by atoms with E-state index in [9.17, 15) is 8.42 Å². The molecule has 1 aliphatic heterocycles. The van der Waals surface area contributed by atoms with Crippen LogP contribution in [0, 0.1) is 6.92 Å². The first-order chi connectivity index (χ1) is 11.8. The van der Waals surface area contributed by atoms with Gasteiger partial charge >= 0.3 is 0 Å². The molecule has 0 aromatic carbocycles. The molecule has 0 amide bonds. The Morgan fingerprint density at radius 3 is 2.60 bits per heavy atom. The summed E-state index contributed by atoms with van der Waals surface area (Å²) in [6.45, 7) is 4.29. The molecular weight excluding hydrogens is 342 g/mol. The van der Waals surface area contributed by atoms with Crippen molar-refractivity contribution in [1.29, 1.82) is 0 Å². The van der Waals surface area contributed by atoms with Gasteiger partial charge < -0.3 is 8.94 Å². The Morgan fingerprint density at radius 2 is 2.00 bits per heavy atom. The summed E-state index contributed by atoms with van der Waals surface area (Å²) in [5, 5.41) is 3.99. The van der Waals surface area contributed by atoms with Crippen LogP contribution < -0.4 is 0 Å². The molecule has 136 valence electrons. The van der Waals surface area contributed by atoms with Crippen molar-refractivity contribution in [3.8, 4) is 0 Å². The molecule has 0 bridgehead atoms. The third-order valence-electron chi connectivity index (χ3n) is 4.25. The third kappa shape index (κ3) is 4.20. The fourth-order valence-corrected chi connectivity index (χ4v) is 3.60. The molecule has 1 aliphatic rings. The van der Waals surface area contributed by atoms with Gasteiger partial charge in [-0.3, -0.25) is 4.90 Å². The van der Waals surface area contributed by atoms with Crippen molar-refractivity contribution in [2.75, 3.05) is 27.2 Å². The Hall–Kier alpha value is -1.90. The van der Waals surface area contributed by atoms with Gasteiger partial charge in [0.15, 0.2) is 0 Å². The van der Waals surface area contributed by atoms with Crippen LogP contribution in [0.1, 0.15) is 30.1 Å². The largest absolute Gasteiger partial charge is 0.447 e. The molecule has 2 aromatic heterocycles. The zero-order valence-electron chi connectivity index (χ0n) is 14.7. The van der Waals surface area contributed by atoms with E-state index in [2.05, 4.69) is 16.1 Å². The van der Waals surface area contributed by atoms with E-state index < -0.39 is 10.0 Å². The Bertz CT molecular complexity index is 854. The summed E-state index contributed by atoms with van der Waals surface area (Å²) in [5.74, 6) is 1.48. The first kappa shape index (κ1) is 17.9. The quantitative estimate of drug-likeness (QED) is 0.810. The van der Waals surface area contributed by atoms with E-state index in [1.54, 1.807) is 6.07 Å². The Balaban J connectivity index is 1.58. The number of aryl methyl sites for hydroxylation is 1. The number of aromatic nitrogens is 1. The van der Waals surface area contributed by atoms with Crippen molar-refractivity contribution in [2.45, 2.75) is 31.4 Å². The Labute approximate surface area is 147 Å². The molecular formula is C17H23N3O4S. The second-order valence-corrected chi connectivity index (χ2v) is 8.53. The summed E-state index contributed by atoms with van der Waals surface area (Å²) in [7, 11) is -0.530. The van der Waals surface area contributed by atoms with Crippen LogP contribution in [-0.4, -0.2) is 50.0 Å². The van der Waals surface area contributed by atoms with E-state index in [4.69, 9.17) is 8.94 Å². The minimum Gasteiger partial charge on any atom is -0.447 e. The number of nitrogens with zero attached hydrogens (tertiary/aromatic N) is 3. The first-order valence-corrected chi connectivity index (χ1v) is 9.65. The van der Waals surface area contributed by atoms with Gasteiger partial charge in [0.05, 0.1) is 6.54 Å². The van der Waals surface area contributed by atoms with Crippen molar-refractivity contribution >= 4 is 16.1 Å². The molecule has 2 aromatic rings. The van der Waals surface area contributed by atoms with Gasteiger partial charge in [-0.15, -0.1) is 0 Å². The van der Waals surface area contributed by atoms with E-state index in [0.717, 1.165) is 41.7 Å². The zero-order valence-corrected chi connectivity index (χ0v) is 15.5.